The smallest absolute Gasteiger partial charge is 0.238 e. The molecule has 0 aromatic heterocycles. The quantitative estimate of drug-likeness (QED) is 0.678. The molecule has 0 bridgehead atoms. The fraction of sp³-hybridized carbons (Fsp3) is 0.889. The van der Waals surface area contributed by atoms with E-state index in [1.54, 1.807) is 13.8 Å². The Hall–Kier alpha value is -0.620. The van der Waals surface area contributed by atoms with E-state index in [-0.39, 0.29) is 13.2 Å². The molecule has 1 amide bonds. The molecule has 0 aliphatic carbocycles. The number of sulfone groups is 1. The molecule has 15 heavy (non-hydrogen) atoms. The van der Waals surface area contributed by atoms with E-state index in [2.05, 4.69) is 5.32 Å². The standard InChI is InChI=1S/C9H19NO4S/c1-7(15(4,13)14)8(12)10-5-9(2,3)6-11/h7,11H,5-6H2,1-4H3,(H,10,12). The van der Waals surface area contributed by atoms with Crippen LogP contribution in [-0.2, 0) is 14.6 Å². The molecule has 0 rings (SSSR count). The van der Waals surface area contributed by atoms with Crippen LogP contribution in [0.2, 0.25) is 0 Å². The third-order valence-corrected chi connectivity index (χ3v) is 3.68. The van der Waals surface area contributed by atoms with Gasteiger partial charge in [-0.2, -0.15) is 0 Å². The third kappa shape index (κ3) is 5.13. The fourth-order valence-corrected chi connectivity index (χ4v) is 1.19. The van der Waals surface area contributed by atoms with E-state index in [4.69, 9.17) is 5.11 Å². The Morgan fingerprint density at radius 1 is 1.47 bits per heavy atom. The Balaban J connectivity index is 4.29. The van der Waals surface area contributed by atoms with Crippen LogP contribution >= 0.6 is 0 Å². The Labute approximate surface area is 90.8 Å². The molecule has 0 aromatic carbocycles. The summed E-state index contributed by atoms with van der Waals surface area (Å²) in [7, 11) is -3.35. The second-order valence-electron chi connectivity index (χ2n) is 4.51. The minimum absolute atomic E-state index is 0.0689. The van der Waals surface area contributed by atoms with Gasteiger partial charge in [0.15, 0.2) is 9.84 Å². The zero-order valence-electron chi connectivity index (χ0n) is 9.57. The maximum Gasteiger partial charge on any atom is 0.238 e. The van der Waals surface area contributed by atoms with E-state index in [0.29, 0.717) is 0 Å². The van der Waals surface area contributed by atoms with E-state index >= 15 is 0 Å². The van der Waals surface area contributed by atoms with Crippen molar-refractivity contribution in [3.05, 3.63) is 0 Å². The lowest BCUT2D eigenvalue weighted by Crippen LogP contribution is -2.42. The first kappa shape index (κ1) is 14.4. The Morgan fingerprint density at radius 3 is 2.27 bits per heavy atom. The third-order valence-electron chi connectivity index (χ3n) is 2.18. The van der Waals surface area contributed by atoms with Crippen LogP contribution in [0.5, 0.6) is 0 Å². The maximum absolute atomic E-state index is 11.4. The van der Waals surface area contributed by atoms with Crippen molar-refractivity contribution in [2.45, 2.75) is 26.0 Å². The number of nitrogens with one attached hydrogen (secondary N) is 1. The van der Waals surface area contributed by atoms with E-state index in [0.717, 1.165) is 6.26 Å². The summed E-state index contributed by atoms with van der Waals surface area (Å²) in [5.41, 5.74) is -0.438. The number of hydrogen-bond acceptors (Lipinski definition) is 4. The van der Waals surface area contributed by atoms with Gasteiger partial charge in [-0.05, 0) is 6.92 Å². The number of carbonyl (C=O) groups is 1. The summed E-state index contributed by atoms with van der Waals surface area (Å²) in [5, 5.41) is 10.4. The van der Waals surface area contributed by atoms with Gasteiger partial charge in [-0.1, -0.05) is 13.8 Å². The van der Waals surface area contributed by atoms with E-state index < -0.39 is 26.4 Å². The molecule has 0 saturated carbocycles. The Bertz CT molecular complexity index is 321. The van der Waals surface area contributed by atoms with Crippen LogP contribution in [0.4, 0.5) is 0 Å². The van der Waals surface area contributed by atoms with Crippen LogP contribution in [0.3, 0.4) is 0 Å². The van der Waals surface area contributed by atoms with Crippen molar-refractivity contribution in [3.8, 4) is 0 Å². The van der Waals surface area contributed by atoms with E-state index in [1.165, 1.54) is 6.92 Å². The monoisotopic (exact) mass is 237 g/mol. The highest BCUT2D eigenvalue weighted by Crippen LogP contribution is 2.11. The van der Waals surface area contributed by atoms with Crippen LogP contribution in [0.15, 0.2) is 0 Å². The van der Waals surface area contributed by atoms with Gasteiger partial charge >= 0.3 is 0 Å². The molecule has 0 heterocycles. The van der Waals surface area contributed by atoms with Crippen molar-refractivity contribution in [1.29, 1.82) is 0 Å². The zero-order chi connectivity index (χ0) is 12.3. The Kier molecular flexibility index (Phi) is 4.73. The van der Waals surface area contributed by atoms with Crippen molar-refractivity contribution in [3.63, 3.8) is 0 Å². The summed E-state index contributed by atoms with van der Waals surface area (Å²) in [4.78, 5) is 11.4. The molecule has 0 fully saturated rings. The average Bonchev–Trinajstić information content (AvgIpc) is 2.11. The summed E-state index contributed by atoms with van der Waals surface area (Å²) >= 11 is 0. The summed E-state index contributed by atoms with van der Waals surface area (Å²) in [6, 6.07) is 0. The molecule has 5 nitrogen and oxygen atoms in total. The highest BCUT2D eigenvalue weighted by Gasteiger charge is 2.25. The topological polar surface area (TPSA) is 83.5 Å². The van der Waals surface area contributed by atoms with Gasteiger partial charge in [0, 0.05) is 24.8 Å². The fourth-order valence-electron chi connectivity index (χ4n) is 0.720. The van der Waals surface area contributed by atoms with E-state index in [9.17, 15) is 13.2 Å². The number of aliphatic hydroxyl groups excluding tert-OH is 1. The van der Waals surface area contributed by atoms with Crippen LogP contribution < -0.4 is 5.32 Å². The van der Waals surface area contributed by atoms with Crippen molar-refractivity contribution >= 4 is 15.7 Å². The molecule has 6 heteroatoms. The normalized spacial score (nSPS) is 14.7. The van der Waals surface area contributed by atoms with Crippen LogP contribution in [0.1, 0.15) is 20.8 Å². The second kappa shape index (κ2) is 4.94. The molecule has 2 N–H and O–H groups in total. The highest BCUT2D eigenvalue weighted by atomic mass is 32.2. The molecule has 1 atom stereocenters. The van der Waals surface area contributed by atoms with Gasteiger partial charge in [0.2, 0.25) is 5.91 Å². The summed E-state index contributed by atoms with van der Waals surface area (Å²) in [6.45, 7) is 5.08. The summed E-state index contributed by atoms with van der Waals surface area (Å²) in [5.74, 6) is -0.529. The van der Waals surface area contributed by atoms with Gasteiger partial charge in [0.05, 0.1) is 0 Å². The SMILES string of the molecule is CC(C(=O)NCC(C)(C)CO)S(C)(=O)=O. The minimum atomic E-state index is -3.35. The maximum atomic E-state index is 11.4. The highest BCUT2D eigenvalue weighted by molar-refractivity contribution is 7.92. The van der Waals surface area contributed by atoms with Crippen molar-refractivity contribution in [1.82, 2.24) is 5.32 Å². The van der Waals surface area contributed by atoms with Gasteiger partial charge in [-0.25, -0.2) is 8.42 Å². The number of aliphatic hydroxyl groups is 1. The van der Waals surface area contributed by atoms with Gasteiger partial charge in [-0.15, -0.1) is 0 Å². The molecule has 0 saturated heterocycles. The molecule has 0 radical (unpaired) electrons. The molecule has 0 aromatic rings. The van der Waals surface area contributed by atoms with Gasteiger partial charge in [0.25, 0.3) is 0 Å². The van der Waals surface area contributed by atoms with Crippen LogP contribution in [0, 0.1) is 5.41 Å². The van der Waals surface area contributed by atoms with Gasteiger partial charge < -0.3 is 10.4 Å². The van der Waals surface area contributed by atoms with Crippen LogP contribution in [0.25, 0.3) is 0 Å². The number of rotatable bonds is 5. The molecule has 90 valence electrons. The van der Waals surface area contributed by atoms with E-state index in [1.807, 2.05) is 0 Å². The lowest BCUT2D eigenvalue weighted by atomic mass is 9.95. The predicted octanol–water partition coefficient (Wildman–Crippen LogP) is -0.446. The molecular weight excluding hydrogens is 218 g/mol. The molecule has 1 unspecified atom stereocenters. The molecule has 0 aliphatic rings. The first-order chi connectivity index (χ1) is 6.60. The number of hydrogen-bond donors (Lipinski definition) is 2. The van der Waals surface area contributed by atoms with Crippen molar-refractivity contribution in [2.24, 2.45) is 5.41 Å². The second-order valence-corrected chi connectivity index (χ2v) is 6.88. The number of amides is 1. The van der Waals surface area contributed by atoms with Gasteiger partial charge in [0.1, 0.15) is 5.25 Å². The van der Waals surface area contributed by atoms with Crippen molar-refractivity contribution < 1.29 is 18.3 Å². The Morgan fingerprint density at radius 2 is 1.93 bits per heavy atom. The molecule has 0 aliphatic heterocycles. The lowest BCUT2D eigenvalue weighted by Gasteiger charge is -2.22. The van der Waals surface area contributed by atoms with Gasteiger partial charge in [-0.3, -0.25) is 4.79 Å². The largest absolute Gasteiger partial charge is 0.396 e. The average molecular weight is 237 g/mol. The number of carbonyl (C=O) groups excluding carboxylic acids is 1. The molecular formula is C9H19NO4S. The minimum Gasteiger partial charge on any atom is -0.396 e. The summed E-state index contributed by atoms with van der Waals surface area (Å²) < 4.78 is 22.1. The predicted molar refractivity (Wildman–Crippen MR) is 58.2 cm³/mol. The zero-order valence-corrected chi connectivity index (χ0v) is 10.4. The van der Waals surface area contributed by atoms with Crippen LogP contribution in [-0.4, -0.2) is 44.1 Å². The first-order valence-corrected chi connectivity index (χ1v) is 6.63. The lowest BCUT2D eigenvalue weighted by molar-refractivity contribution is -0.120. The first-order valence-electron chi connectivity index (χ1n) is 4.67. The molecule has 0 spiro atoms. The van der Waals surface area contributed by atoms with Crippen molar-refractivity contribution in [2.75, 3.05) is 19.4 Å². The summed E-state index contributed by atoms with van der Waals surface area (Å²) in [6.07, 6.45) is 1.02.